The number of rotatable bonds is 6. The average molecular weight is 302 g/mol. The SMILES string of the molecule is O=C(CCC1CCNC1)NCc1ccnc(N2CCCC2)c1. The highest BCUT2D eigenvalue weighted by Crippen LogP contribution is 2.18. The molecule has 1 aromatic rings. The van der Waals surface area contributed by atoms with Crippen LogP contribution in [0, 0.1) is 5.92 Å². The van der Waals surface area contributed by atoms with Crippen molar-refractivity contribution < 1.29 is 4.79 Å². The van der Waals surface area contributed by atoms with Crippen LogP contribution in [-0.4, -0.2) is 37.1 Å². The second-order valence-electron chi connectivity index (χ2n) is 6.39. The molecule has 1 aromatic heterocycles. The van der Waals surface area contributed by atoms with Gasteiger partial charge in [-0.1, -0.05) is 0 Å². The summed E-state index contributed by atoms with van der Waals surface area (Å²) in [5, 5.41) is 6.38. The molecule has 0 aliphatic carbocycles. The van der Waals surface area contributed by atoms with Gasteiger partial charge in [0.25, 0.3) is 0 Å². The molecule has 0 bridgehead atoms. The first-order valence-corrected chi connectivity index (χ1v) is 8.48. The zero-order chi connectivity index (χ0) is 15.2. The number of amides is 1. The van der Waals surface area contributed by atoms with Gasteiger partial charge in [-0.25, -0.2) is 4.98 Å². The second kappa shape index (κ2) is 7.58. The molecule has 1 amide bonds. The molecule has 0 spiro atoms. The smallest absolute Gasteiger partial charge is 0.220 e. The van der Waals surface area contributed by atoms with E-state index in [0.717, 1.165) is 44.0 Å². The van der Waals surface area contributed by atoms with E-state index in [4.69, 9.17) is 0 Å². The van der Waals surface area contributed by atoms with Crippen LogP contribution in [0.5, 0.6) is 0 Å². The Morgan fingerprint density at radius 1 is 1.41 bits per heavy atom. The van der Waals surface area contributed by atoms with Crippen molar-refractivity contribution in [2.45, 2.75) is 38.6 Å². The lowest BCUT2D eigenvalue weighted by molar-refractivity contribution is -0.121. The van der Waals surface area contributed by atoms with Crippen molar-refractivity contribution in [3.05, 3.63) is 23.9 Å². The third kappa shape index (κ3) is 4.19. The van der Waals surface area contributed by atoms with E-state index in [1.807, 2.05) is 12.3 Å². The third-order valence-corrected chi connectivity index (χ3v) is 4.67. The molecule has 5 heteroatoms. The summed E-state index contributed by atoms with van der Waals surface area (Å²) in [6.07, 6.45) is 7.18. The molecule has 2 saturated heterocycles. The van der Waals surface area contributed by atoms with Crippen molar-refractivity contribution in [3.8, 4) is 0 Å². The summed E-state index contributed by atoms with van der Waals surface area (Å²) < 4.78 is 0. The van der Waals surface area contributed by atoms with E-state index < -0.39 is 0 Å². The Bertz CT molecular complexity index is 493. The maximum atomic E-state index is 12.0. The minimum atomic E-state index is 0.159. The number of aromatic nitrogens is 1. The number of carbonyl (C=O) groups excluding carboxylic acids is 1. The molecule has 2 aliphatic rings. The molecule has 1 atom stereocenters. The van der Waals surface area contributed by atoms with Gasteiger partial charge in [-0.05, 0) is 62.4 Å². The molecular weight excluding hydrogens is 276 g/mol. The fraction of sp³-hybridized carbons (Fsp3) is 0.647. The van der Waals surface area contributed by atoms with Gasteiger partial charge >= 0.3 is 0 Å². The van der Waals surface area contributed by atoms with Gasteiger partial charge in [0.05, 0.1) is 0 Å². The molecular formula is C17H26N4O. The first-order valence-electron chi connectivity index (χ1n) is 8.48. The van der Waals surface area contributed by atoms with E-state index in [1.165, 1.54) is 19.3 Å². The third-order valence-electron chi connectivity index (χ3n) is 4.67. The highest BCUT2D eigenvalue weighted by Gasteiger charge is 2.16. The molecule has 3 heterocycles. The number of carbonyl (C=O) groups is 1. The number of hydrogen-bond donors (Lipinski definition) is 2. The van der Waals surface area contributed by atoms with Gasteiger partial charge in [0.1, 0.15) is 5.82 Å². The van der Waals surface area contributed by atoms with Crippen LogP contribution in [0.1, 0.15) is 37.7 Å². The van der Waals surface area contributed by atoms with E-state index in [2.05, 4.69) is 26.6 Å². The van der Waals surface area contributed by atoms with E-state index in [-0.39, 0.29) is 5.91 Å². The first-order chi connectivity index (χ1) is 10.8. The Morgan fingerprint density at radius 2 is 2.27 bits per heavy atom. The average Bonchev–Trinajstić information content (AvgIpc) is 3.24. The lowest BCUT2D eigenvalue weighted by Gasteiger charge is -2.17. The van der Waals surface area contributed by atoms with Crippen LogP contribution in [-0.2, 0) is 11.3 Å². The summed E-state index contributed by atoms with van der Waals surface area (Å²) in [5.41, 5.74) is 1.13. The molecule has 22 heavy (non-hydrogen) atoms. The molecule has 2 aliphatic heterocycles. The Labute approximate surface area is 132 Å². The summed E-state index contributed by atoms with van der Waals surface area (Å²) >= 11 is 0. The molecule has 120 valence electrons. The summed E-state index contributed by atoms with van der Waals surface area (Å²) in [6, 6.07) is 4.09. The molecule has 1 unspecified atom stereocenters. The number of hydrogen-bond acceptors (Lipinski definition) is 4. The summed E-state index contributed by atoms with van der Waals surface area (Å²) in [7, 11) is 0. The van der Waals surface area contributed by atoms with Gasteiger partial charge < -0.3 is 15.5 Å². The second-order valence-corrected chi connectivity index (χ2v) is 6.39. The van der Waals surface area contributed by atoms with E-state index >= 15 is 0 Å². The molecule has 3 rings (SSSR count). The zero-order valence-corrected chi connectivity index (χ0v) is 13.2. The van der Waals surface area contributed by atoms with Gasteiger partial charge in [0, 0.05) is 32.3 Å². The van der Waals surface area contributed by atoms with Crippen LogP contribution in [0.25, 0.3) is 0 Å². The molecule has 0 radical (unpaired) electrons. The summed E-state index contributed by atoms with van der Waals surface area (Å²) in [6.45, 7) is 4.96. The van der Waals surface area contributed by atoms with Crippen LogP contribution < -0.4 is 15.5 Å². The maximum absolute atomic E-state index is 12.0. The van der Waals surface area contributed by atoms with E-state index in [9.17, 15) is 4.79 Å². The minimum Gasteiger partial charge on any atom is -0.357 e. The largest absolute Gasteiger partial charge is 0.357 e. The molecule has 5 nitrogen and oxygen atoms in total. The summed E-state index contributed by atoms with van der Waals surface area (Å²) in [5.74, 6) is 1.88. The number of pyridine rings is 1. The molecule has 2 N–H and O–H groups in total. The predicted molar refractivity (Wildman–Crippen MR) is 87.7 cm³/mol. The van der Waals surface area contributed by atoms with Gasteiger partial charge in [-0.15, -0.1) is 0 Å². The highest BCUT2D eigenvalue weighted by atomic mass is 16.1. The van der Waals surface area contributed by atoms with Gasteiger partial charge in [0.2, 0.25) is 5.91 Å². The van der Waals surface area contributed by atoms with Crippen molar-refractivity contribution in [2.24, 2.45) is 5.92 Å². The normalized spacial score (nSPS) is 21.3. The minimum absolute atomic E-state index is 0.159. The Kier molecular flexibility index (Phi) is 5.27. The Morgan fingerprint density at radius 3 is 3.05 bits per heavy atom. The van der Waals surface area contributed by atoms with Crippen LogP contribution in [0.4, 0.5) is 5.82 Å². The Hall–Kier alpha value is -1.62. The van der Waals surface area contributed by atoms with E-state index in [1.54, 1.807) is 0 Å². The quantitative estimate of drug-likeness (QED) is 0.839. The van der Waals surface area contributed by atoms with E-state index in [0.29, 0.717) is 18.9 Å². The number of anilines is 1. The van der Waals surface area contributed by atoms with Crippen LogP contribution in [0.15, 0.2) is 18.3 Å². The van der Waals surface area contributed by atoms with Crippen molar-refractivity contribution in [3.63, 3.8) is 0 Å². The fourth-order valence-corrected chi connectivity index (χ4v) is 3.27. The van der Waals surface area contributed by atoms with Crippen molar-refractivity contribution in [2.75, 3.05) is 31.1 Å². The van der Waals surface area contributed by atoms with Crippen molar-refractivity contribution >= 4 is 11.7 Å². The lowest BCUT2D eigenvalue weighted by Crippen LogP contribution is -2.24. The maximum Gasteiger partial charge on any atom is 0.220 e. The first kappa shape index (κ1) is 15.3. The molecule has 0 saturated carbocycles. The van der Waals surface area contributed by atoms with Crippen LogP contribution in [0.2, 0.25) is 0 Å². The standard InChI is InChI=1S/C17H26N4O/c22-17(4-3-14-5-7-18-12-14)20-13-15-6-8-19-16(11-15)21-9-1-2-10-21/h6,8,11,14,18H,1-5,7,9-10,12-13H2,(H,20,22). The molecule has 0 aromatic carbocycles. The fourth-order valence-electron chi connectivity index (χ4n) is 3.27. The summed E-state index contributed by atoms with van der Waals surface area (Å²) in [4.78, 5) is 18.7. The van der Waals surface area contributed by atoms with Gasteiger partial charge in [-0.2, -0.15) is 0 Å². The predicted octanol–water partition coefficient (Wildman–Crippen LogP) is 1.69. The Balaban J connectivity index is 1.44. The molecule has 2 fully saturated rings. The van der Waals surface area contributed by atoms with Crippen molar-refractivity contribution in [1.29, 1.82) is 0 Å². The highest BCUT2D eigenvalue weighted by molar-refractivity contribution is 5.75. The number of nitrogens with one attached hydrogen (secondary N) is 2. The van der Waals surface area contributed by atoms with Crippen molar-refractivity contribution in [1.82, 2.24) is 15.6 Å². The van der Waals surface area contributed by atoms with Gasteiger partial charge in [0.15, 0.2) is 0 Å². The van der Waals surface area contributed by atoms with Crippen LogP contribution in [0.3, 0.4) is 0 Å². The number of nitrogens with zero attached hydrogens (tertiary/aromatic N) is 2. The zero-order valence-electron chi connectivity index (χ0n) is 13.2. The topological polar surface area (TPSA) is 57.3 Å². The lowest BCUT2D eigenvalue weighted by atomic mass is 10.0. The van der Waals surface area contributed by atoms with Gasteiger partial charge in [-0.3, -0.25) is 4.79 Å². The van der Waals surface area contributed by atoms with Crippen LogP contribution >= 0.6 is 0 Å². The monoisotopic (exact) mass is 302 g/mol.